The van der Waals surface area contributed by atoms with Crippen molar-refractivity contribution in [2.24, 2.45) is 9.81 Å². The molecule has 0 bridgehead atoms. The SMILES string of the molecule is CC(C)(C)OC(=O)N1CCC2(CC1)Cc1ccc(S(C)(=O)=O)cc1C2=N[S@+]([O-])C(C)(C)C. The maximum atomic E-state index is 13.0. The van der Waals surface area contributed by atoms with Crippen molar-refractivity contribution in [2.45, 2.75) is 76.0 Å². The van der Waals surface area contributed by atoms with Crippen molar-refractivity contribution in [3.8, 4) is 0 Å². The Morgan fingerprint density at radius 3 is 2.25 bits per heavy atom. The zero-order valence-corrected chi connectivity index (χ0v) is 21.7. The van der Waals surface area contributed by atoms with E-state index in [1.54, 1.807) is 17.0 Å². The summed E-state index contributed by atoms with van der Waals surface area (Å²) in [6, 6.07) is 5.13. The fourth-order valence-electron chi connectivity index (χ4n) is 4.12. The summed E-state index contributed by atoms with van der Waals surface area (Å²) in [5.74, 6) is 0. The van der Waals surface area contributed by atoms with E-state index in [0.717, 1.165) is 11.1 Å². The fraction of sp³-hybridized carbons (Fsp3) is 0.652. The Bertz CT molecular complexity index is 1030. The van der Waals surface area contributed by atoms with Crippen LogP contribution in [0.25, 0.3) is 0 Å². The van der Waals surface area contributed by atoms with Gasteiger partial charge in [-0.25, -0.2) is 13.2 Å². The maximum Gasteiger partial charge on any atom is 0.410 e. The fourth-order valence-corrected chi connectivity index (χ4v) is 5.50. The van der Waals surface area contributed by atoms with Crippen LogP contribution in [-0.4, -0.2) is 59.4 Å². The standard InChI is InChI=1S/C23H34N2O5S2/c1-21(2,3)30-20(26)25-12-10-23(11-13-25)15-16-8-9-17(32(7,28)29)14-18(16)19(23)24-31(27)22(4,5)6/h8-9,14H,10-13,15H2,1-7H3/t31-/m1/s1. The summed E-state index contributed by atoms with van der Waals surface area (Å²) in [7, 11) is -3.38. The molecule has 1 aromatic rings. The molecule has 1 aromatic carbocycles. The van der Waals surface area contributed by atoms with E-state index in [9.17, 15) is 17.8 Å². The van der Waals surface area contributed by atoms with Gasteiger partial charge in [0.05, 0.1) is 4.90 Å². The van der Waals surface area contributed by atoms with Gasteiger partial charge in [-0.15, -0.1) is 0 Å². The van der Waals surface area contributed by atoms with Crippen LogP contribution in [0.3, 0.4) is 0 Å². The summed E-state index contributed by atoms with van der Waals surface area (Å²) >= 11 is -1.49. The first-order valence-corrected chi connectivity index (χ1v) is 13.8. The number of amides is 1. The van der Waals surface area contributed by atoms with Crippen LogP contribution in [0, 0.1) is 5.41 Å². The number of sulfone groups is 1. The summed E-state index contributed by atoms with van der Waals surface area (Å²) in [6.07, 6.45) is 2.83. The molecule has 1 saturated heterocycles. The van der Waals surface area contributed by atoms with E-state index in [1.165, 1.54) is 6.26 Å². The molecular weight excluding hydrogens is 448 g/mol. The second-order valence-corrected chi connectivity index (χ2v) is 14.7. The highest BCUT2D eigenvalue weighted by atomic mass is 32.2. The molecule has 0 unspecified atom stereocenters. The van der Waals surface area contributed by atoms with Gasteiger partial charge in [0.2, 0.25) is 0 Å². The van der Waals surface area contributed by atoms with Gasteiger partial charge >= 0.3 is 6.09 Å². The number of carbonyl (C=O) groups excluding carboxylic acids is 1. The Hall–Kier alpha value is -1.58. The smallest absolute Gasteiger partial charge is 0.410 e. The quantitative estimate of drug-likeness (QED) is 0.595. The molecule has 3 rings (SSSR count). The predicted molar refractivity (Wildman–Crippen MR) is 127 cm³/mol. The van der Waals surface area contributed by atoms with Crippen LogP contribution in [0.2, 0.25) is 0 Å². The number of fused-ring (bicyclic) bond motifs is 1. The molecule has 1 fully saturated rings. The van der Waals surface area contributed by atoms with Gasteiger partial charge in [-0.3, -0.25) is 0 Å². The highest BCUT2D eigenvalue weighted by molar-refractivity contribution is 7.91. The third-order valence-electron chi connectivity index (χ3n) is 5.87. The Balaban J connectivity index is 1.97. The van der Waals surface area contributed by atoms with Gasteiger partial charge in [0.1, 0.15) is 27.4 Å². The molecule has 2 aliphatic rings. The summed E-state index contributed by atoms with van der Waals surface area (Å²) in [6.45, 7) is 12.1. The highest BCUT2D eigenvalue weighted by Crippen LogP contribution is 2.46. The molecule has 1 aliphatic carbocycles. The maximum absolute atomic E-state index is 13.0. The number of ether oxygens (including phenoxy) is 1. The van der Waals surface area contributed by atoms with Crippen molar-refractivity contribution in [2.75, 3.05) is 19.3 Å². The van der Waals surface area contributed by atoms with Crippen LogP contribution in [-0.2, 0) is 32.4 Å². The third-order valence-corrected chi connectivity index (χ3v) is 8.37. The molecule has 0 N–H and O–H groups in total. The van der Waals surface area contributed by atoms with Crippen molar-refractivity contribution < 1.29 is 22.5 Å². The van der Waals surface area contributed by atoms with E-state index in [2.05, 4.69) is 4.40 Å². The van der Waals surface area contributed by atoms with E-state index >= 15 is 0 Å². The van der Waals surface area contributed by atoms with E-state index < -0.39 is 31.5 Å². The number of carbonyl (C=O) groups is 1. The Morgan fingerprint density at radius 2 is 1.75 bits per heavy atom. The average molecular weight is 483 g/mol. The normalized spacial score (nSPS) is 21.0. The molecule has 1 spiro atoms. The first-order chi connectivity index (χ1) is 14.5. The Kier molecular flexibility index (Phi) is 6.52. The van der Waals surface area contributed by atoms with E-state index in [1.807, 2.05) is 47.6 Å². The van der Waals surface area contributed by atoms with E-state index in [4.69, 9.17) is 4.74 Å². The average Bonchev–Trinajstić information content (AvgIpc) is 2.91. The number of rotatable bonds is 2. The first-order valence-electron chi connectivity index (χ1n) is 10.8. The van der Waals surface area contributed by atoms with E-state index in [0.29, 0.717) is 38.1 Å². The highest BCUT2D eigenvalue weighted by Gasteiger charge is 2.48. The molecule has 0 radical (unpaired) electrons. The summed E-state index contributed by atoms with van der Waals surface area (Å²) in [5.41, 5.74) is 1.53. The van der Waals surface area contributed by atoms with Crippen molar-refractivity contribution >= 4 is 33.0 Å². The van der Waals surface area contributed by atoms with Gasteiger partial charge in [0.15, 0.2) is 9.84 Å². The Labute approximate surface area is 194 Å². The van der Waals surface area contributed by atoms with Crippen LogP contribution < -0.4 is 0 Å². The summed E-state index contributed by atoms with van der Waals surface area (Å²) in [5, 5.41) is 0. The minimum Gasteiger partial charge on any atom is -0.591 e. The zero-order valence-electron chi connectivity index (χ0n) is 20.0. The number of piperidine rings is 1. The van der Waals surface area contributed by atoms with Crippen LogP contribution in [0.15, 0.2) is 27.5 Å². The zero-order chi connectivity index (χ0) is 24.1. The molecule has 1 atom stereocenters. The number of nitrogens with zero attached hydrogens (tertiary/aromatic N) is 2. The van der Waals surface area contributed by atoms with Gasteiger partial charge in [-0.2, -0.15) is 0 Å². The lowest BCUT2D eigenvalue weighted by Crippen LogP contribution is -2.47. The second-order valence-electron chi connectivity index (χ2n) is 10.8. The largest absolute Gasteiger partial charge is 0.591 e. The molecule has 1 aliphatic heterocycles. The monoisotopic (exact) mass is 482 g/mol. The van der Waals surface area contributed by atoms with Gasteiger partial charge in [0, 0.05) is 30.3 Å². The van der Waals surface area contributed by atoms with Gasteiger partial charge < -0.3 is 14.2 Å². The minimum atomic E-state index is -3.38. The number of likely N-dealkylation sites (tertiary alicyclic amines) is 1. The van der Waals surface area contributed by atoms with Gasteiger partial charge in [-0.1, -0.05) is 10.5 Å². The predicted octanol–water partition coefficient (Wildman–Crippen LogP) is 3.91. The lowest BCUT2D eigenvalue weighted by molar-refractivity contribution is 0.0159. The third kappa shape index (κ3) is 5.31. The molecule has 1 amide bonds. The molecule has 178 valence electrons. The van der Waals surface area contributed by atoms with Gasteiger partial charge in [-0.05, 0) is 78.5 Å². The second kappa shape index (κ2) is 8.33. The molecule has 0 saturated carbocycles. The Morgan fingerprint density at radius 1 is 1.16 bits per heavy atom. The molecule has 9 heteroatoms. The van der Waals surface area contributed by atoms with Gasteiger partial charge in [0.25, 0.3) is 0 Å². The lowest BCUT2D eigenvalue weighted by atomic mass is 9.74. The van der Waals surface area contributed by atoms with E-state index in [-0.39, 0.29) is 16.4 Å². The molecule has 1 heterocycles. The number of benzene rings is 1. The minimum absolute atomic E-state index is 0.230. The molecular formula is C23H34N2O5S2. The van der Waals surface area contributed by atoms with Crippen molar-refractivity contribution in [1.29, 1.82) is 0 Å². The lowest BCUT2D eigenvalue weighted by Gasteiger charge is -2.39. The topological polar surface area (TPSA) is 99.1 Å². The number of hydrogen-bond donors (Lipinski definition) is 0. The van der Waals surface area contributed by atoms with Crippen molar-refractivity contribution in [1.82, 2.24) is 4.90 Å². The van der Waals surface area contributed by atoms with Crippen LogP contribution in [0.5, 0.6) is 0 Å². The number of hydrogen-bond acceptors (Lipinski definition) is 6. The molecule has 7 nitrogen and oxygen atoms in total. The molecule has 32 heavy (non-hydrogen) atoms. The van der Waals surface area contributed by atoms with Crippen LogP contribution in [0.1, 0.15) is 65.5 Å². The van der Waals surface area contributed by atoms with Crippen LogP contribution in [0.4, 0.5) is 4.79 Å². The molecule has 0 aromatic heterocycles. The van der Waals surface area contributed by atoms with Crippen molar-refractivity contribution in [3.05, 3.63) is 29.3 Å². The summed E-state index contributed by atoms with van der Waals surface area (Å²) in [4.78, 5) is 14.5. The first kappa shape index (κ1) is 25.1. The van der Waals surface area contributed by atoms with Crippen molar-refractivity contribution in [3.63, 3.8) is 0 Å². The summed E-state index contributed by atoms with van der Waals surface area (Å²) < 4.78 is 47.0. The van der Waals surface area contributed by atoms with Crippen LogP contribution >= 0.6 is 0 Å².